The Labute approximate surface area is 195 Å². The van der Waals surface area contributed by atoms with Crippen LogP contribution >= 0.6 is 28.3 Å². The molecule has 5 nitrogen and oxygen atoms in total. The molecule has 0 unspecified atom stereocenters. The van der Waals surface area contributed by atoms with E-state index in [9.17, 15) is 4.39 Å². The fourth-order valence-electron chi connectivity index (χ4n) is 3.15. The van der Waals surface area contributed by atoms with Crippen LogP contribution in [0.5, 0.6) is 23.0 Å². The van der Waals surface area contributed by atoms with Crippen molar-refractivity contribution < 1.29 is 23.3 Å². The zero-order valence-corrected chi connectivity index (χ0v) is 19.2. The first-order valence-electron chi connectivity index (χ1n) is 9.45. The van der Waals surface area contributed by atoms with E-state index in [-0.39, 0.29) is 25.0 Å². The maximum Gasteiger partial charge on any atom is 0.231 e. The summed E-state index contributed by atoms with van der Waals surface area (Å²) in [6.07, 6.45) is 0. The lowest BCUT2D eigenvalue weighted by Gasteiger charge is -2.15. The predicted molar refractivity (Wildman–Crippen MR) is 122 cm³/mol. The predicted octanol–water partition coefficient (Wildman–Crippen LogP) is 5.62. The second kappa shape index (κ2) is 10.7. The van der Waals surface area contributed by atoms with Crippen LogP contribution in [0.1, 0.15) is 16.7 Å². The fraction of sp³-hybridized carbons (Fsp3) is 0.217. The van der Waals surface area contributed by atoms with Crippen molar-refractivity contribution in [1.82, 2.24) is 5.32 Å². The van der Waals surface area contributed by atoms with E-state index in [0.717, 1.165) is 32.7 Å². The van der Waals surface area contributed by atoms with Crippen LogP contribution in [-0.4, -0.2) is 13.9 Å². The van der Waals surface area contributed by atoms with Crippen molar-refractivity contribution in [2.24, 2.45) is 0 Å². The average molecular weight is 511 g/mol. The van der Waals surface area contributed by atoms with Gasteiger partial charge in [0.15, 0.2) is 23.0 Å². The lowest BCUT2D eigenvalue weighted by atomic mass is 10.1. The van der Waals surface area contributed by atoms with E-state index in [1.165, 1.54) is 12.1 Å². The molecule has 0 radical (unpaired) electrons. The number of halogens is 3. The van der Waals surface area contributed by atoms with Gasteiger partial charge in [-0.3, -0.25) is 0 Å². The van der Waals surface area contributed by atoms with E-state index in [1.807, 2.05) is 30.3 Å². The summed E-state index contributed by atoms with van der Waals surface area (Å²) in [5.41, 5.74) is 3.04. The molecule has 8 heteroatoms. The molecule has 3 aromatic carbocycles. The van der Waals surface area contributed by atoms with Crippen molar-refractivity contribution in [1.29, 1.82) is 0 Å². The quantitative estimate of drug-likeness (QED) is 0.426. The monoisotopic (exact) mass is 509 g/mol. The highest BCUT2D eigenvalue weighted by molar-refractivity contribution is 9.10. The van der Waals surface area contributed by atoms with Gasteiger partial charge in [-0.15, -0.1) is 12.4 Å². The van der Waals surface area contributed by atoms with Crippen LogP contribution in [0.3, 0.4) is 0 Å². The van der Waals surface area contributed by atoms with Crippen molar-refractivity contribution in [2.75, 3.05) is 13.9 Å². The SMILES string of the molecule is COc1cc(CNCc2ccc3c(c2)OCO3)cc(Br)c1OCc1ccc(F)cc1.Cl. The fourth-order valence-corrected chi connectivity index (χ4v) is 3.76. The van der Waals surface area contributed by atoms with Crippen LogP contribution in [0.25, 0.3) is 0 Å². The number of fused-ring (bicyclic) bond motifs is 1. The standard InChI is InChI=1S/C23H21BrFNO4.ClH/c1-27-22-10-17(12-26-11-16-4-7-20-21(9-16)30-14-29-20)8-19(24)23(22)28-13-15-2-5-18(25)6-3-15;/h2-10,26H,11-14H2,1H3;1H. The largest absolute Gasteiger partial charge is 0.493 e. The first-order chi connectivity index (χ1) is 14.6. The highest BCUT2D eigenvalue weighted by atomic mass is 79.9. The molecular weight excluding hydrogens is 489 g/mol. The van der Waals surface area contributed by atoms with E-state index >= 15 is 0 Å². The maximum absolute atomic E-state index is 13.1. The van der Waals surface area contributed by atoms with Gasteiger partial charge < -0.3 is 24.3 Å². The summed E-state index contributed by atoms with van der Waals surface area (Å²) in [5.74, 6) is 2.54. The van der Waals surface area contributed by atoms with Gasteiger partial charge >= 0.3 is 0 Å². The van der Waals surface area contributed by atoms with Gasteiger partial charge in [-0.1, -0.05) is 18.2 Å². The minimum atomic E-state index is -0.268. The third-order valence-electron chi connectivity index (χ3n) is 4.68. The zero-order chi connectivity index (χ0) is 20.9. The molecule has 0 bridgehead atoms. The van der Waals surface area contributed by atoms with Gasteiger partial charge in [-0.2, -0.15) is 0 Å². The van der Waals surface area contributed by atoms with Gasteiger partial charge in [-0.25, -0.2) is 4.39 Å². The van der Waals surface area contributed by atoms with Crippen LogP contribution < -0.4 is 24.3 Å². The number of benzene rings is 3. The van der Waals surface area contributed by atoms with E-state index < -0.39 is 0 Å². The smallest absolute Gasteiger partial charge is 0.231 e. The Bertz CT molecular complexity index is 1030. The lowest BCUT2D eigenvalue weighted by molar-refractivity contribution is 0.174. The second-order valence-corrected chi connectivity index (χ2v) is 7.67. The highest BCUT2D eigenvalue weighted by Crippen LogP contribution is 2.37. The minimum absolute atomic E-state index is 0. The van der Waals surface area contributed by atoms with Crippen LogP contribution in [-0.2, 0) is 19.7 Å². The number of hydrogen-bond donors (Lipinski definition) is 1. The van der Waals surface area contributed by atoms with Crippen molar-refractivity contribution in [2.45, 2.75) is 19.7 Å². The Morgan fingerprint density at radius 3 is 2.42 bits per heavy atom. The van der Waals surface area contributed by atoms with Crippen LogP contribution in [0, 0.1) is 5.82 Å². The van der Waals surface area contributed by atoms with Gasteiger partial charge in [0, 0.05) is 13.1 Å². The molecule has 1 heterocycles. The Kier molecular flexibility index (Phi) is 8.01. The minimum Gasteiger partial charge on any atom is -0.493 e. The van der Waals surface area contributed by atoms with Crippen molar-refractivity contribution in [3.05, 3.63) is 81.6 Å². The van der Waals surface area contributed by atoms with Crippen molar-refractivity contribution in [3.63, 3.8) is 0 Å². The molecule has 164 valence electrons. The first kappa shape index (κ1) is 23.2. The van der Waals surface area contributed by atoms with Gasteiger partial charge in [0.2, 0.25) is 6.79 Å². The normalized spacial score (nSPS) is 11.7. The van der Waals surface area contributed by atoms with Crippen LogP contribution in [0.2, 0.25) is 0 Å². The molecule has 0 fully saturated rings. The number of hydrogen-bond acceptors (Lipinski definition) is 5. The van der Waals surface area contributed by atoms with Gasteiger partial charge in [0.25, 0.3) is 0 Å². The van der Waals surface area contributed by atoms with E-state index in [1.54, 1.807) is 19.2 Å². The molecule has 0 spiro atoms. The molecule has 0 amide bonds. The molecule has 0 saturated heterocycles. The molecule has 3 aromatic rings. The summed E-state index contributed by atoms with van der Waals surface area (Å²) in [7, 11) is 1.61. The van der Waals surface area contributed by atoms with Gasteiger partial charge in [0.05, 0.1) is 11.6 Å². The third kappa shape index (κ3) is 5.81. The van der Waals surface area contributed by atoms with Gasteiger partial charge in [0.1, 0.15) is 12.4 Å². The van der Waals surface area contributed by atoms with Crippen molar-refractivity contribution >= 4 is 28.3 Å². The number of methoxy groups -OCH3 is 1. The van der Waals surface area contributed by atoms with E-state index in [2.05, 4.69) is 21.2 Å². The molecular formula is C23H22BrClFNO4. The Balaban J connectivity index is 0.00000272. The summed E-state index contributed by atoms with van der Waals surface area (Å²) in [6, 6.07) is 16.1. The maximum atomic E-state index is 13.1. The summed E-state index contributed by atoms with van der Waals surface area (Å²) in [6.45, 7) is 1.94. The number of ether oxygens (including phenoxy) is 4. The lowest BCUT2D eigenvalue weighted by Crippen LogP contribution is -2.13. The average Bonchev–Trinajstić information content (AvgIpc) is 3.22. The number of nitrogens with one attached hydrogen (secondary N) is 1. The Morgan fingerprint density at radius 1 is 0.935 bits per heavy atom. The van der Waals surface area contributed by atoms with Gasteiger partial charge in [-0.05, 0) is 69.0 Å². The Hall–Kier alpha value is -2.48. The summed E-state index contributed by atoms with van der Waals surface area (Å²) >= 11 is 3.57. The molecule has 0 atom stereocenters. The molecule has 0 saturated carbocycles. The molecule has 31 heavy (non-hydrogen) atoms. The second-order valence-electron chi connectivity index (χ2n) is 6.82. The molecule has 0 aromatic heterocycles. The molecule has 1 N–H and O–H groups in total. The van der Waals surface area contributed by atoms with Crippen molar-refractivity contribution in [3.8, 4) is 23.0 Å². The van der Waals surface area contributed by atoms with E-state index in [0.29, 0.717) is 31.2 Å². The zero-order valence-electron chi connectivity index (χ0n) is 16.8. The summed E-state index contributed by atoms with van der Waals surface area (Å²) < 4.78 is 36.0. The van der Waals surface area contributed by atoms with E-state index in [4.69, 9.17) is 18.9 Å². The summed E-state index contributed by atoms with van der Waals surface area (Å²) in [5, 5.41) is 3.42. The van der Waals surface area contributed by atoms with Crippen LogP contribution in [0.15, 0.2) is 59.1 Å². The highest BCUT2D eigenvalue weighted by Gasteiger charge is 2.14. The summed E-state index contributed by atoms with van der Waals surface area (Å²) in [4.78, 5) is 0. The topological polar surface area (TPSA) is 49.0 Å². The van der Waals surface area contributed by atoms with Crippen LogP contribution in [0.4, 0.5) is 4.39 Å². The Morgan fingerprint density at radius 2 is 1.65 bits per heavy atom. The molecule has 4 rings (SSSR count). The molecule has 1 aliphatic heterocycles. The third-order valence-corrected chi connectivity index (χ3v) is 5.27. The molecule has 1 aliphatic rings. The first-order valence-corrected chi connectivity index (χ1v) is 10.2. The number of rotatable bonds is 8. The molecule has 0 aliphatic carbocycles.